The van der Waals surface area contributed by atoms with Gasteiger partial charge in [-0.2, -0.15) is 0 Å². The Kier molecular flexibility index (Phi) is 7.87. The molecule has 9 heteroatoms. The van der Waals surface area contributed by atoms with E-state index in [2.05, 4.69) is 10.2 Å². The second kappa shape index (κ2) is 10.6. The van der Waals surface area contributed by atoms with Gasteiger partial charge in [0.05, 0.1) is 24.4 Å². The third kappa shape index (κ3) is 5.82. The van der Waals surface area contributed by atoms with Gasteiger partial charge in [0.2, 0.25) is 11.8 Å². The van der Waals surface area contributed by atoms with E-state index in [-0.39, 0.29) is 36.1 Å². The maximum Gasteiger partial charge on any atom is 0.233 e. The van der Waals surface area contributed by atoms with Gasteiger partial charge < -0.3 is 19.9 Å². The number of nitrogens with two attached hydrogens (primary N) is 1. The number of rotatable bonds is 10. The number of primary amides is 1. The van der Waals surface area contributed by atoms with E-state index >= 15 is 0 Å². The summed E-state index contributed by atoms with van der Waals surface area (Å²) >= 11 is 1.36. The predicted octanol–water partition coefficient (Wildman–Crippen LogP) is 2.19. The van der Waals surface area contributed by atoms with Crippen molar-refractivity contribution >= 4 is 23.6 Å². The smallest absolute Gasteiger partial charge is 0.233 e. The molecule has 30 heavy (non-hydrogen) atoms. The summed E-state index contributed by atoms with van der Waals surface area (Å²) in [7, 11) is 1.82. The summed E-state index contributed by atoms with van der Waals surface area (Å²) in [5.74, 6) is 0.599. The van der Waals surface area contributed by atoms with Gasteiger partial charge in [0.1, 0.15) is 5.82 Å². The maximum atomic E-state index is 12.8. The van der Waals surface area contributed by atoms with Crippen molar-refractivity contribution < 1.29 is 14.3 Å². The summed E-state index contributed by atoms with van der Waals surface area (Å²) in [6.45, 7) is 3.39. The molecule has 2 heterocycles. The Morgan fingerprint density at radius 2 is 2.10 bits per heavy atom. The molecule has 1 fully saturated rings. The molecule has 0 radical (unpaired) electrons. The van der Waals surface area contributed by atoms with Gasteiger partial charge in [-0.05, 0) is 25.3 Å². The summed E-state index contributed by atoms with van der Waals surface area (Å²) in [4.78, 5) is 25.7. The number of carbonyl (C=O) groups is 2. The van der Waals surface area contributed by atoms with Crippen LogP contribution in [0.15, 0.2) is 35.5 Å². The fourth-order valence-electron chi connectivity index (χ4n) is 3.42. The van der Waals surface area contributed by atoms with Crippen LogP contribution in [0, 0.1) is 0 Å². The molecule has 2 aromatic rings. The average Bonchev–Trinajstić information content (AvgIpc) is 3.40. The molecule has 1 aliphatic heterocycles. The third-order valence-electron chi connectivity index (χ3n) is 5.38. The van der Waals surface area contributed by atoms with Gasteiger partial charge in [0.15, 0.2) is 5.16 Å². The Hall–Kier alpha value is -2.39. The molecule has 0 spiro atoms. The Bertz CT molecular complexity index is 852. The van der Waals surface area contributed by atoms with Crippen LogP contribution in [0.25, 0.3) is 0 Å². The summed E-state index contributed by atoms with van der Waals surface area (Å²) in [5, 5.41) is 9.17. The third-order valence-corrected chi connectivity index (χ3v) is 6.33. The van der Waals surface area contributed by atoms with Crippen LogP contribution in [-0.2, 0) is 27.3 Å². The van der Waals surface area contributed by atoms with Gasteiger partial charge in [-0.1, -0.05) is 42.1 Å². The zero-order chi connectivity index (χ0) is 21.5. The van der Waals surface area contributed by atoms with E-state index in [1.54, 1.807) is 4.90 Å². The van der Waals surface area contributed by atoms with E-state index in [4.69, 9.17) is 10.5 Å². The normalized spacial score (nSPS) is 17.1. The van der Waals surface area contributed by atoms with Crippen LogP contribution in [0.2, 0.25) is 0 Å². The van der Waals surface area contributed by atoms with Crippen molar-refractivity contribution in [2.75, 3.05) is 19.4 Å². The van der Waals surface area contributed by atoms with E-state index < -0.39 is 0 Å². The Morgan fingerprint density at radius 3 is 2.77 bits per heavy atom. The van der Waals surface area contributed by atoms with Crippen LogP contribution in [0.1, 0.15) is 43.6 Å². The molecule has 1 aromatic carbocycles. The number of aromatic nitrogens is 3. The molecule has 0 aliphatic carbocycles. The molecular weight excluding hydrogens is 402 g/mol. The minimum absolute atomic E-state index is 0.0155. The first kappa shape index (κ1) is 22.3. The number of benzene rings is 1. The molecule has 1 aliphatic rings. The van der Waals surface area contributed by atoms with E-state index in [1.165, 1.54) is 11.8 Å². The van der Waals surface area contributed by atoms with Crippen molar-refractivity contribution in [2.45, 2.75) is 56.5 Å². The highest BCUT2D eigenvalue weighted by Crippen LogP contribution is 2.24. The first-order valence-electron chi connectivity index (χ1n) is 10.2. The first-order valence-corrected chi connectivity index (χ1v) is 11.2. The van der Waals surface area contributed by atoms with Gasteiger partial charge in [0, 0.05) is 26.5 Å². The number of ether oxygens (including phenoxy) is 1. The predicted molar refractivity (Wildman–Crippen MR) is 115 cm³/mol. The largest absolute Gasteiger partial charge is 0.376 e. The number of nitrogens with zero attached hydrogens (tertiary/aromatic N) is 4. The minimum atomic E-state index is -0.373. The summed E-state index contributed by atoms with van der Waals surface area (Å²) in [6, 6.07) is 9.93. The average molecular weight is 432 g/mol. The number of hydrogen-bond donors (Lipinski definition) is 1. The molecule has 2 atom stereocenters. The van der Waals surface area contributed by atoms with Crippen LogP contribution in [0.4, 0.5) is 0 Å². The second-order valence-corrected chi connectivity index (χ2v) is 8.43. The van der Waals surface area contributed by atoms with Crippen LogP contribution in [0.3, 0.4) is 0 Å². The maximum absolute atomic E-state index is 12.8. The van der Waals surface area contributed by atoms with Crippen molar-refractivity contribution in [1.29, 1.82) is 0 Å². The first-order chi connectivity index (χ1) is 14.5. The Balaban J connectivity index is 1.65. The monoisotopic (exact) mass is 431 g/mol. The Morgan fingerprint density at radius 1 is 1.33 bits per heavy atom. The zero-order valence-electron chi connectivity index (χ0n) is 17.5. The van der Waals surface area contributed by atoms with Gasteiger partial charge >= 0.3 is 0 Å². The number of aryl methyl sites for hydroxylation is 1. The van der Waals surface area contributed by atoms with Gasteiger partial charge in [0.25, 0.3) is 0 Å². The van der Waals surface area contributed by atoms with E-state index in [0.29, 0.717) is 23.9 Å². The molecule has 8 nitrogen and oxygen atoms in total. The molecule has 1 aromatic heterocycles. The van der Waals surface area contributed by atoms with Crippen LogP contribution < -0.4 is 5.73 Å². The van der Waals surface area contributed by atoms with E-state index in [9.17, 15) is 9.59 Å². The quantitative estimate of drug-likeness (QED) is 0.579. The molecule has 0 saturated carbocycles. The molecule has 0 bridgehead atoms. The lowest BCUT2D eigenvalue weighted by Gasteiger charge is -2.25. The highest BCUT2D eigenvalue weighted by molar-refractivity contribution is 7.99. The van der Waals surface area contributed by atoms with Gasteiger partial charge in [-0.25, -0.2) is 0 Å². The molecule has 3 rings (SSSR count). The highest BCUT2D eigenvalue weighted by atomic mass is 32.2. The van der Waals surface area contributed by atoms with Crippen molar-refractivity contribution in [3.63, 3.8) is 0 Å². The molecule has 1 saturated heterocycles. The summed E-state index contributed by atoms with van der Waals surface area (Å²) in [6.07, 6.45) is 2.75. The minimum Gasteiger partial charge on any atom is -0.376 e. The number of thioether (sulfide) groups is 1. The summed E-state index contributed by atoms with van der Waals surface area (Å²) < 4.78 is 7.72. The van der Waals surface area contributed by atoms with Crippen LogP contribution in [0.5, 0.6) is 0 Å². The Labute approximate surface area is 181 Å². The second-order valence-electron chi connectivity index (χ2n) is 7.49. The standard InChI is InChI=1S/C21H29N5O3S/c1-15(16-7-4-3-5-8-16)25(2)20(28)14-30-21-24-23-19(11-10-18(22)27)26(21)13-17-9-6-12-29-17/h3-5,7-8,15,17H,6,9-14H2,1-2H3,(H2,22,27)/t15-,17-/m0/s1. The van der Waals surface area contributed by atoms with Crippen LogP contribution >= 0.6 is 11.8 Å². The topological polar surface area (TPSA) is 103 Å². The molecule has 0 unspecified atom stereocenters. The van der Waals surface area contributed by atoms with Crippen molar-refractivity contribution in [2.24, 2.45) is 5.73 Å². The lowest BCUT2D eigenvalue weighted by atomic mass is 10.1. The van der Waals surface area contributed by atoms with Crippen LogP contribution in [-0.4, -0.2) is 57.0 Å². The fourth-order valence-corrected chi connectivity index (χ4v) is 4.31. The molecule has 2 N–H and O–H groups in total. The van der Waals surface area contributed by atoms with Gasteiger partial charge in [-0.3, -0.25) is 9.59 Å². The summed E-state index contributed by atoms with van der Waals surface area (Å²) in [5.41, 5.74) is 6.38. The molecular formula is C21H29N5O3S. The lowest BCUT2D eigenvalue weighted by molar-refractivity contribution is -0.129. The van der Waals surface area contributed by atoms with Crippen molar-refractivity contribution in [3.05, 3.63) is 41.7 Å². The molecule has 2 amide bonds. The van der Waals surface area contributed by atoms with Gasteiger partial charge in [-0.15, -0.1) is 10.2 Å². The lowest BCUT2D eigenvalue weighted by Crippen LogP contribution is -2.31. The van der Waals surface area contributed by atoms with E-state index in [0.717, 1.165) is 25.0 Å². The van der Waals surface area contributed by atoms with Crippen molar-refractivity contribution in [1.82, 2.24) is 19.7 Å². The fraction of sp³-hybridized carbons (Fsp3) is 0.524. The van der Waals surface area contributed by atoms with Crippen molar-refractivity contribution in [3.8, 4) is 0 Å². The molecule has 162 valence electrons. The number of hydrogen-bond acceptors (Lipinski definition) is 6. The van der Waals surface area contributed by atoms with E-state index in [1.807, 2.05) is 48.9 Å². The SMILES string of the molecule is C[C@@H](c1ccccc1)N(C)C(=O)CSc1nnc(CCC(N)=O)n1C[C@@H]1CCCO1. The number of amides is 2. The highest BCUT2D eigenvalue weighted by Gasteiger charge is 2.23. The zero-order valence-corrected chi connectivity index (χ0v) is 18.3. The number of carbonyl (C=O) groups excluding carboxylic acids is 2.